The van der Waals surface area contributed by atoms with Crippen LogP contribution in [0.3, 0.4) is 0 Å². The number of rotatable bonds is 5. The summed E-state index contributed by atoms with van der Waals surface area (Å²) in [6.45, 7) is 4.88. The summed E-state index contributed by atoms with van der Waals surface area (Å²) < 4.78 is 12.9. The number of likely N-dealkylation sites (tertiary alicyclic amines) is 1. The Labute approximate surface area is 177 Å². The van der Waals surface area contributed by atoms with Crippen LogP contribution in [0.5, 0.6) is 0 Å². The van der Waals surface area contributed by atoms with Gasteiger partial charge in [0.25, 0.3) is 5.91 Å². The van der Waals surface area contributed by atoms with E-state index in [4.69, 9.17) is 14.2 Å². The molecule has 0 unspecified atom stereocenters. The topological polar surface area (TPSA) is 86.3 Å². The summed E-state index contributed by atoms with van der Waals surface area (Å²) in [6.07, 6.45) is 7.37. The minimum absolute atomic E-state index is 0.0640. The molecule has 3 fully saturated rings. The van der Waals surface area contributed by atoms with Gasteiger partial charge in [-0.15, -0.1) is 0 Å². The van der Waals surface area contributed by atoms with Crippen LogP contribution in [0.25, 0.3) is 0 Å². The third-order valence-electron chi connectivity index (χ3n) is 7.09. The summed E-state index contributed by atoms with van der Waals surface area (Å²) in [5, 5.41) is 8.79. The SMILES string of the molecule is Cc1cc(C(=O)N2CCC(CC3CC3)(c3noc(C4CCOCC4)n3)CC2)n(C)n1. The Kier molecular flexibility index (Phi) is 5.13. The van der Waals surface area contributed by atoms with Gasteiger partial charge in [0.1, 0.15) is 5.69 Å². The minimum atomic E-state index is -0.0762. The van der Waals surface area contributed by atoms with E-state index in [-0.39, 0.29) is 11.3 Å². The van der Waals surface area contributed by atoms with Crippen molar-refractivity contribution in [1.82, 2.24) is 24.8 Å². The molecule has 30 heavy (non-hydrogen) atoms. The van der Waals surface area contributed by atoms with E-state index in [1.54, 1.807) is 4.68 Å². The molecule has 0 radical (unpaired) electrons. The third-order valence-corrected chi connectivity index (χ3v) is 7.09. The number of aryl methyl sites for hydroxylation is 2. The highest BCUT2D eigenvalue weighted by atomic mass is 16.5. The zero-order valence-corrected chi connectivity index (χ0v) is 18.0. The molecule has 0 N–H and O–H groups in total. The molecule has 4 heterocycles. The molecule has 2 saturated heterocycles. The fourth-order valence-corrected chi connectivity index (χ4v) is 5.07. The normalized spacial score (nSPS) is 22.4. The van der Waals surface area contributed by atoms with Crippen LogP contribution >= 0.6 is 0 Å². The predicted molar refractivity (Wildman–Crippen MR) is 109 cm³/mol. The molecule has 5 rings (SSSR count). The lowest BCUT2D eigenvalue weighted by atomic mass is 9.73. The van der Waals surface area contributed by atoms with Crippen molar-refractivity contribution >= 4 is 5.91 Å². The summed E-state index contributed by atoms with van der Waals surface area (Å²) in [5.41, 5.74) is 1.45. The summed E-state index contributed by atoms with van der Waals surface area (Å²) in [7, 11) is 1.83. The van der Waals surface area contributed by atoms with Crippen LogP contribution in [0, 0.1) is 12.8 Å². The first-order valence-electron chi connectivity index (χ1n) is 11.3. The molecule has 1 saturated carbocycles. The zero-order chi connectivity index (χ0) is 20.7. The molecule has 2 aliphatic heterocycles. The Morgan fingerprint density at radius 3 is 2.57 bits per heavy atom. The van der Waals surface area contributed by atoms with Crippen molar-refractivity contribution in [3.63, 3.8) is 0 Å². The number of carbonyl (C=O) groups excluding carboxylic acids is 1. The van der Waals surface area contributed by atoms with Crippen molar-refractivity contribution in [3.05, 3.63) is 29.2 Å². The molecule has 1 aliphatic carbocycles. The van der Waals surface area contributed by atoms with E-state index in [0.29, 0.717) is 11.6 Å². The molecule has 2 aromatic rings. The van der Waals surface area contributed by atoms with Crippen molar-refractivity contribution in [2.24, 2.45) is 13.0 Å². The van der Waals surface area contributed by atoms with Gasteiger partial charge in [0.2, 0.25) is 5.89 Å². The van der Waals surface area contributed by atoms with Gasteiger partial charge < -0.3 is 14.2 Å². The van der Waals surface area contributed by atoms with Crippen molar-refractivity contribution in [2.75, 3.05) is 26.3 Å². The van der Waals surface area contributed by atoms with Crippen molar-refractivity contribution in [1.29, 1.82) is 0 Å². The largest absolute Gasteiger partial charge is 0.381 e. The standard InChI is InChI=1S/C22H31N5O3/c1-15-13-18(26(2)24-15)20(28)27-9-7-22(8-10-27,14-16-3-4-16)21-23-19(30-25-21)17-5-11-29-12-6-17/h13,16-17H,3-12,14H2,1-2H3. The second-order valence-corrected chi connectivity index (χ2v) is 9.36. The maximum atomic E-state index is 13.0. The highest BCUT2D eigenvalue weighted by molar-refractivity contribution is 5.92. The lowest BCUT2D eigenvalue weighted by Gasteiger charge is -2.40. The number of hydrogen-bond acceptors (Lipinski definition) is 6. The molecule has 8 nitrogen and oxygen atoms in total. The van der Waals surface area contributed by atoms with Gasteiger partial charge >= 0.3 is 0 Å². The van der Waals surface area contributed by atoms with Crippen LogP contribution < -0.4 is 0 Å². The van der Waals surface area contributed by atoms with Gasteiger partial charge in [0, 0.05) is 44.7 Å². The summed E-state index contributed by atoms with van der Waals surface area (Å²) in [6, 6.07) is 1.87. The third kappa shape index (κ3) is 3.77. The molecular formula is C22H31N5O3. The van der Waals surface area contributed by atoms with Gasteiger partial charge in [-0.2, -0.15) is 10.1 Å². The molecular weight excluding hydrogens is 382 g/mol. The number of hydrogen-bond donors (Lipinski definition) is 0. The van der Waals surface area contributed by atoms with Gasteiger partial charge in [-0.1, -0.05) is 18.0 Å². The summed E-state index contributed by atoms with van der Waals surface area (Å²) in [5.74, 6) is 2.77. The summed E-state index contributed by atoms with van der Waals surface area (Å²) in [4.78, 5) is 19.9. The van der Waals surface area contributed by atoms with Crippen molar-refractivity contribution in [3.8, 4) is 0 Å². The van der Waals surface area contributed by atoms with E-state index in [1.807, 2.05) is 24.9 Å². The number of piperidine rings is 1. The van der Waals surface area contributed by atoms with Crippen molar-refractivity contribution in [2.45, 2.75) is 63.2 Å². The summed E-state index contributed by atoms with van der Waals surface area (Å²) >= 11 is 0. The Bertz CT molecular complexity index is 902. The monoisotopic (exact) mass is 413 g/mol. The van der Waals surface area contributed by atoms with Gasteiger partial charge in [-0.25, -0.2) is 0 Å². The molecule has 2 aromatic heterocycles. The molecule has 0 atom stereocenters. The second-order valence-electron chi connectivity index (χ2n) is 9.36. The first-order valence-corrected chi connectivity index (χ1v) is 11.3. The van der Waals surface area contributed by atoms with E-state index in [9.17, 15) is 4.79 Å². The van der Waals surface area contributed by atoms with Crippen molar-refractivity contribution < 1.29 is 14.1 Å². The van der Waals surface area contributed by atoms with Crippen LogP contribution in [0.4, 0.5) is 0 Å². The number of nitrogens with zero attached hydrogens (tertiary/aromatic N) is 5. The van der Waals surface area contributed by atoms with Gasteiger partial charge in [-0.05, 0) is 51.0 Å². The molecule has 3 aliphatic rings. The molecule has 1 amide bonds. The van der Waals surface area contributed by atoms with E-state index in [2.05, 4.69) is 10.3 Å². The Morgan fingerprint density at radius 2 is 1.93 bits per heavy atom. The van der Waals surface area contributed by atoms with E-state index in [1.165, 1.54) is 12.8 Å². The molecule has 162 valence electrons. The van der Waals surface area contributed by atoms with Crippen LogP contribution in [0.2, 0.25) is 0 Å². The zero-order valence-electron chi connectivity index (χ0n) is 18.0. The van der Waals surface area contributed by atoms with E-state index >= 15 is 0 Å². The first kappa shape index (κ1) is 19.7. The predicted octanol–water partition coefficient (Wildman–Crippen LogP) is 2.98. The number of ether oxygens (including phenoxy) is 1. The average Bonchev–Trinajstić information content (AvgIpc) is 3.29. The van der Waals surface area contributed by atoms with Gasteiger partial charge in [0.05, 0.1) is 5.69 Å². The Morgan fingerprint density at radius 1 is 1.20 bits per heavy atom. The highest BCUT2D eigenvalue weighted by Gasteiger charge is 2.45. The quantitative estimate of drug-likeness (QED) is 0.749. The molecule has 0 spiro atoms. The highest BCUT2D eigenvalue weighted by Crippen LogP contribution is 2.47. The maximum absolute atomic E-state index is 13.0. The van der Waals surface area contributed by atoms with Gasteiger partial charge in [0.15, 0.2) is 5.82 Å². The molecule has 0 bridgehead atoms. The Balaban J connectivity index is 1.33. The Hall–Kier alpha value is -2.22. The fraction of sp³-hybridized carbons (Fsp3) is 0.727. The van der Waals surface area contributed by atoms with Crippen LogP contribution in [-0.2, 0) is 17.2 Å². The van der Waals surface area contributed by atoms with Crippen LogP contribution in [-0.4, -0.2) is 57.0 Å². The first-order chi connectivity index (χ1) is 14.5. The maximum Gasteiger partial charge on any atom is 0.272 e. The smallest absolute Gasteiger partial charge is 0.272 e. The molecule has 0 aromatic carbocycles. The molecule has 8 heteroatoms. The number of carbonyl (C=O) groups is 1. The van der Waals surface area contributed by atoms with Gasteiger partial charge in [-0.3, -0.25) is 9.48 Å². The minimum Gasteiger partial charge on any atom is -0.381 e. The van der Waals surface area contributed by atoms with Crippen LogP contribution in [0.15, 0.2) is 10.6 Å². The lowest BCUT2D eigenvalue weighted by Crippen LogP contribution is -2.46. The fourth-order valence-electron chi connectivity index (χ4n) is 5.07. The van der Waals surface area contributed by atoms with Crippen LogP contribution in [0.1, 0.15) is 78.8 Å². The number of amides is 1. The average molecular weight is 414 g/mol. The number of aromatic nitrogens is 4. The van der Waals surface area contributed by atoms with E-state index < -0.39 is 0 Å². The second kappa shape index (κ2) is 7.80. The lowest BCUT2D eigenvalue weighted by molar-refractivity contribution is 0.0634. The van der Waals surface area contributed by atoms with E-state index in [0.717, 1.165) is 81.7 Å².